The number of carbonyl (C=O) groups is 1. The lowest BCUT2D eigenvalue weighted by Crippen LogP contribution is -2.36. The summed E-state index contributed by atoms with van der Waals surface area (Å²) in [4.78, 5) is 13.1. The molecule has 0 aromatic heterocycles. The van der Waals surface area contributed by atoms with Crippen LogP contribution in [-0.4, -0.2) is 50.2 Å². The molecule has 0 radical (unpaired) electrons. The third-order valence-electron chi connectivity index (χ3n) is 2.88. The van der Waals surface area contributed by atoms with Crippen LogP contribution in [0.15, 0.2) is 12.3 Å². The first-order valence-electron chi connectivity index (χ1n) is 5.63. The molecule has 16 heavy (non-hydrogen) atoms. The molecule has 1 aliphatic heterocycles. The molecule has 0 bridgehead atoms. The standard InChI is InChI=1S/C12H21NO3/c1-10(14)6-7-13-11(8-15-2)4-5-12(13)9-16-3/h6-7,11-12H,4-5,8-9H2,1-3H3/b7-6+/t11-,12-/m1/s1. The van der Waals surface area contributed by atoms with Gasteiger partial charge in [0, 0.05) is 20.4 Å². The fraction of sp³-hybridized carbons (Fsp3) is 0.750. The Balaban J connectivity index is 2.63. The maximum absolute atomic E-state index is 11.0. The summed E-state index contributed by atoms with van der Waals surface area (Å²) in [5.41, 5.74) is 0. The van der Waals surface area contributed by atoms with E-state index in [2.05, 4.69) is 4.90 Å². The molecule has 0 saturated carbocycles. The highest BCUT2D eigenvalue weighted by molar-refractivity contribution is 5.87. The van der Waals surface area contributed by atoms with Gasteiger partial charge in [-0.15, -0.1) is 0 Å². The first kappa shape index (κ1) is 13.2. The Kier molecular flexibility index (Phi) is 5.49. The maximum atomic E-state index is 11.0. The van der Waals surface area contributed by atoms with E-state index in [1.807, 2.05) is 6.20 Å². The van der Waals surface area contributed by atoms with E-state index < -0.39 is 0 Å². The fourth-order valence-electron chi connectivity index (χ4n) is 2.14. The van der Waals surface area contributed by atoms with Gasteiger partial charge in [0.05, 0.1) is 25.3 Å². The van der Waals surface area contributed by atoms with Crippen molar-refractivity contribution in [3.05, 3.63) is 12.3 Å². The minimum atomic E-state index is 0.0687. The van der Waals surface area contributed by atoms with Gasteiger partial charge in [0.2, 0.25) is 0 Å². The fourth-order valence-corrected chi connectivity index (χ4v) is 2.14. The Labute approximate surface area is 97.2 Å². The van der Waals surface area contributed by atoms with Gasteiger partial charge in [0.25, 0.3) is 0 Å². The molecule has 1 aliphatic rings. The molecule has 1 rings (SSSR count). The van der Waals surface area contributed by atoms with E-state index in [-0.39, 0.29) is 5.78 Å². The molecule has 0 spiro atoms. The summed E-state index contributed by atoms with van der Waals surface area (Å²) < 4.78 is 10.4. The Hall–Kier alpha value is -0.870. The number of hydrogen-bond donors (Lipinski definition) is 0. The summed E-state index contributed by atoms with van der Waals surface area (Å²) in [5.74, 6) is 0.0687. The van der Waals surface area contributed by atoms with Crippen LogP contribution < -0.4 is 0 Å². The Bertz CT molecular complexity index is 239. The smallest absolute Gasteiger partial charge is 0.154 e. The largest absolute Gasteiger partial charge is 0.383 e. The number of rotatable bonds is 6. The summed E-state index contributed by atoms with van der Waals surface area (Å²) in [6.07, 6.45) is 5.66. The molecule has 4 heteroatoms. The van der Waals surface area contributed by atoms with Gasteiger partial charge in [-0.25, -0.2) is 0 Å². The van der Waals surface area contributed by atoms with E-state index in [1.54, 1.807) is 27.2 Å². The maximum Gasteiger partial charge on any atom is 0.154 e. The molecule has 1 heterocycles. The van der Waals surface area contributed by atoms with Crippen molar-refractivity contribution in [1.82, 2.24) is 4.90 Å². The average molecular weight is 227 g/mol. The van der Waals surface area contributed by atoms with Crippen LogP contribution in [0, 0.1) is 0 Å². The van der Waals surface area contributed by atoms with Crippen molar-refractivity contribution in [3.63, 3.8) is 0 Å². The Morgan fingerprint density at radius 2 is 1.75 bits per heavy atom. The van der Waals surface area contributed by atoms with Gasteiger partial charge in [-0.2, -0.15) is 0 Å². The van der Waals surface area contributed by atoms with Crippen LogP contribution in [0.25, 0.3) is 0 Å². The third kappa shape index (κ3) is 3.61. The van der Waals surface area contributed by atoms with Crippen molar-refractivity contribution in [2.45, 2.75) is 31.8 Å². The summed E-state index contributed by atoms with van der Waals surface area (Å²) >= 11 is 0. The van der Waals surface area contributed by atoms with Crippen molar-refractivity contribution >= 4 is 5.78 Å². The van der Waals surface area contributed by atoms with Crippen molar-refractivity contribution < 1.29 is 14.3 Å². The van der Waals surface area contributed by atoms with E-state index in [4.69, 9.17) is 9.47 Å². The van der Waals surface area contributed by atoms with Crippen LogP contribution in [0.1, 0.15) is 19.8 Å². The SMILES string of the molecule is COC[C@H]1CC[C@H](COC)N1/C=C/C(C)=O. The van der Waals surface area contributed by atoms with Gasteiger partial charge in [-0.05, 0) is 25.8 Å². The molecule has 0 N–H and O–H groups in total. The monoisotopic (exact) mass is 227 g/mol. The molecule has 0 amide bonds. The molecule has 0 aromatic rings. The van der Waals surface area contributed by atoms with Crippen LogP contribution in [-0.2, 0) is 14.3 Å². The molecule has 2 atom stereocenters. The second-order valence-electron chi connectivity index (χ2n) is 4.17. The van der Waals surface area contributed by atoms with E-state index in [9.17, 15) is 4.79 Å². The van der Waals surface area contributed by atoms with Gasteiger partial charge in [0.15, 0.2) is 5.78 Å². The number of carbonyl (C=O) groups excluding carboxylic acids is 1. The molecule has 0 unspecified atom stereocenters. The van der Waals surface area contributed by atoms with Gasteiger partial charge in [0.1, 0.15) is 0 Å². The lowest BCUT2D eigenvalue weighted by Gasteiger charge is -2.28. The van der Waals surface area contributed by atoms with Crippen molar-refractivity contribution in [1.29, 1.82) is 0 Å². The number of allylic oxidation sites excluding steroid dienone is 1. The second-order valence-corrected chi connectivity index (χ2v) is 4.17. The summed E-state index contributed by atoms with van der Waals surface area (Å²) in [7, 11) is 3.41. The minimum Gasteiger partial charge on any atom is -0.383 e. The zero-order valence-electron chi connectivity index (χ0n) is 10.3. The summed E-state index contributed by atoms with van der Waals surface area (Å²) in [5, 5.41) is 0. The number of likely N-dealkylation sites (tertiary alicyclic amines) is 1. The van der Waals surface area contributed by atoms with Gasteiger partial charge < -0.3 is 14.4 Å². The van der Waals surface area contributed by atoms with E-state index in [0.29, 0.717) is 25.3 Å². The molecular weight excluding hydrogens is 206 g/mol. The lowest BCUT2D eigenvalue weighted by molar-refractivity contribution is -0.112. The molecular formula is C12H21NO3. The first-order valence-corrected chi connectivity index (χ1v) is 5.63. The summed E-state index contributed by atoms with van der Waals surface area (Å²) in [6.45, 7) is 2.95. The van der Waals surface area contributed by atoms with Gasteiger partial charge in [-0.1, -0.05) is 0 Å². The number of methoxy groups -OCH3 is 2. The quantitative estimate of drug-likeness (QED) is 0.639. The third-order valence-corrected chi connectivity index (χ3v) is 2.88. The summed E-state index contributed by atoms with van der Waals surface area (Å²) in [6, 6.07) is 0.724. The zero-order valence-corrected chi connectivity index (χ0v) is 10.3. The minimum absolute atomic E-state index is 0.0687. The van der Waals surface area contributed by atoms with Crippen LogP contribution in [0.4, 0.5) is 0 Å². The lowest BCUT2D eigenvalue weighted by atomic mass is 10.2. The highest BCUT2D eigenvalue weighted by Crippen LogP contribution is 2.24. The van der Waals surface area contributed by atoms with Crippen LogP contribution in [0.5, 0.6) is 0 Å². The molecule has 4 nitrogen and oxygen atoms in total. The molecule has 1 saturated heterocycles. The highest BCUT2D eigenvalue weighted by Gasteiger charge is 2.30. The second kappa shape index (κ2) is 6.66. The predicted molar refractivity (Wildman–Crippen MR) is 62.2 cm³/mol. The van der Waals surface area contributed by atoms with Gasteiger partial charge >= 0.3 is 0 Å². The Morgan fingerprint density at radius 1 is 1.25 bits per heavy atom. The first-order chi connectivity index (χ1) is 7.69. The van der Waals surface area contributed by atoms with E-state index >= 15 is 0 Å². The van der Waals surface area contributed by atoms with E-state index in [0.717, 1.165) is 12.8 Å². The number of hydrogen-bond acceptors (Lipinski definition) is 4. The molecule has 1 fully saturated rings. The van der Waals surface area contributed by atoms with Crippen LogP contribution in [0.2, 0.25) is 0 Å². The van der Waals surface area contributed by atoms with Crippen molar-refractivity contribution in [2.24, 2.45) is 0 Å². The van der Waals surface area contributed by atoms with E-state index in [1.165, 1.54) is 0 Å². The normalized spacial score (nSPS) is 25.6. The van der Waals surface area contributed by atoms with Gasteiger partial charge in [-0.3, -0.25) is 4.79 Å². The van der Waals surface area contributed by atoms with Crippen LogP contribution in [0.3, 0.4) is 0 Å². The Morgan fingerprint density at radius 3 is 2.12 bits per heavy atom. The number of nitrogens with zero attached hydrogens (tertiary/aromatic N) is 1. The predicted octanol–water partition coefficient (Wildman–Crippen LogP) is 1.21. The topological polar surface area (TPSA) is 38.8 Å². The zero-order chi connectivity index (χ0) is 12.0. The number of ether oxygens (including phenoxy) is 2. The van der Waals surface area contributed by atoms with Crippen molar-refractivity contribution in [3.8, 4) is 0 Å². The van der Waals surface area contributed by atoms with Crippen molar-refractivity contribution in [2.75, 3.05) is 27.4 Å². The number of ketones is 1. The molecule has 0 aliphatic carbocycles. The van der Waals surface area contributed by atoms with Crippen LogP contribution >= 0.6 is 0 Å². The molecule has 0 aromatic carbocycles. The highest BCUT2D eigenvalue weighted by atomic mass is 16.5. The average Bonchev–Trinajstić information content (AvgIpc) is 2.59. The molecule has 92 valence electrons.